The van der Waals surface area contributed by atoms with Crippen LogP contribution in [0.5, 0.6) is 11.5 Å². The Hall–Kier alpha value is -3.42. The van der Waals surface area contributed by atoms with Gasteiger partial charge in [-0.15, -0.1) is 5.10 Å². The Morgan fingerprint density at radius 1 is 1.26 bits per heavy atom. The number of esters is 1. The molecule has 118 valence electrons. The number of nitrogens with zero attached hydrogens (tertiary/aromatic N) is 3. The van der Waals surface area contributed by atoms with Crippen molar-refractivity contribution >= 4 is 18.1 Å². The van der Waals surface area contributed by atoms with Gasteiger partial charge in [0.1, 0.15) is 0 Å². The maximum absolute atomic E-state index is 12.0. The summed E-state index contributed by atoms with van der Waals surface area (Å²) >= 11 is 0. The van der Waals surface area contributed by atoms with Gasteiger partial charge in [0.05, 0.1) is 18.9 Å². The number of hydrogen-bond donors (Lipinski definition) is 2. The van der Waals surface area contributed by atoms with Crippen LogP contribution in [0.2, 0.25) is 0 Å². The first-order chi connectivity index (χ1) is 11.1. The van der Waals surface area contributed by atoms with E-state index in [-0.39, 0.29) is 11.7 Å². The van der Waals surface area contributed by atoms with E-state index in [4.69, 9.17) is 20.9 Å². The predicted molar refractivity (Wildman–Crippen MR) is 85.6 cm³/mol. The largest absolute Gasteiger partial charge is 0.493 e. The maximum atomic E-state index is 12.0. The number of aromatic nitrogens is 1. The lowest BCUT2D eigenvalue weighted by molar-refractivity contribution is 0.0729. The van der Waals surface area contributed by atoms with Gasteiger partial charge in [0.15, 0.2) is 11.5 Å². The molecule has 8 heteroatoms. The fourth-order valence-corrected chi connectivity index (χ4v) is 1.65. The van der Waals surface area contributed by atoms with Gasteiger partial charge in [-0.05, 0) is 35.9 Å². The molecule has 8 nitrogen and oxygen atoms in total. The molecule has 0 aliphatic heterocycles. The number of carbonyl (C=O) groups is 1. The molecule has 0 amide bonds. The van der Waals surface area contributed by atoms with E-state index in [1.54, 1.807) is 36.5 Å². The third-order valence-electron chi connectivity index (χ3n) is 2.67. The highest BCUT2D eigenvalue weighted by molar-refractivity contribution is 5.91. The van der Waals surface area contributed by atoms with Crippen molar-refractivity contribution in [2.45, 2.75) is 0 Å². The van der Waals surface area contributed by atoms with Crippen LogP contribution in [0.3, 0.4) is 0 Å². The molecule has 0 saturated heterocycles. The zero-order chi connectivity index (χ0) is 16.7. The zero-order valence-electron chi connectivity index (χ0n) is 12.3. The van der Waals surface area contributed by atoms with Gasteiger partial charge in [0.25, 0.3) is 0 Å². The van der Waals surface area contributed by atoms with Crippen LogP contribution >= 0.6 is 0 Å². The average molecular weight is 313 g/mol. The Morgan fingerprint density at radius 2 is 2.09 bits per heavy atom. The van der Waals surface area contributed by atoms with E-state index in [9.17, 15) is 4.79 Å². The van der Waals surface area contributed by atoms with Crippen molar-refractivity contribution in [1.29, 1.82) is 0 Å². The van der Waals surface area contributed by atoms with Crippen LogP contribution in [-0.4, -0.2) is 30.2 Å². The van der Waals surface area contributed by atoms with Gasteiger partial charge in [-0.1, -0.05) is 0 Å². The molecule has 0 aliphatic carbocycles. The van der Waals surface area contributed by atoms with Crippen molar-refractivity contribution in [1.82, 2.24) is 4.98 Å². The van der Waals surface area contributed by atoms with Gasteiger partial charge in [-0.3, -0.25) is 4.98 Å². The van der Waals surface area contributed by atoms with Gasteiger partial charge < -0.3 is 20.9 Å². The number of rotatable bonds is 5. The quantitative estimate of drug-likeness (QED) is 0.278. The third kappa shape index (κ3) is 4.53. The predicted octanol–water partition coefficient (Wildman–Crippen LogP) is 0.917. The van der Waals surface area contributed by atoms with Crippen molar-refractivity contribution in [2.75, 3.05) is 7.11 Å². The first kappa shape index (κ1) is 16.0. The Balaban J connectivity index is 2.18. The van der Waals surface area contributed by atoms with Crippen LogP contribution < -0.4 is 20.9 Å². The third-order valence-corrected chi connectivity index (χ3v) is 2.67. The summed E-state index contributed by atoms with van der Waals surface area (Å²) in [6.45, 7) is 0. The highest BCUT2D eigenvalue weighted by Crippen LogP contribution is 2.28. The van der Waals surface area contributed by atoms with Crippen LogP contribution in [0.1, 0.15) is 15.9 Å². The summed E-state index contributed by atoms with van der Waals surface area (Å²) in [5, 5.41) is 7.19. The molecule has 1 aromatic heterocycles. The normalized spacial score (nSPS) is 10.3. The summed E-state index contributed by atoms with van der Waals surface area (Å²) < 4.78 is 10.5. The van der Waals surface area contributed by atoms with Gasteiger partial charge >= 0.3 is 5.97 Å². The highest BCUT2D eigenvalue weighted by Gasteiger charge is 2.12. The number of nitrogens with two attached hydrogens (primary N) is 2. The summed E-state index contributed by atoms with van der Waals surface area (Å²) in [6, 6.07) is 8.16. The number of methoxy groups -OCH3 is 1. The Labute approximate surface area is 132 Å². The molecular formula is C15H15N5O3. The Bertz CT molecular complexity index is 740. The lowest BCUT2D eigenvalue weighted by Gasteiger charge is -2.09. The molecule has 0 spiro atoms. The van der Waals surface area contributed by atoms with Crippen molar-refractivity contribution < 1.29 is 14.3 Å². The Morgan fingerprint density at radius 3 is 2.74 bits per heavy atom. The number of hydrogen-bond acceptors (Lipinski definition) is 6. The summed E-state index contributed by atoms with van der Waals surface area (Å²) in [6.07, 6.45) is 4.43. The summed E-state index contributed by atoms with van der Waals surface area (Å²) in [5.41, 5.74) is 11.4. The second-order valence-corrected chi connectivity index (χ2v) is 4.31. The van der Waals surface area contributed by atoms with Crippen molar-refractivity contribution in [3.05, 3.63) is 53.9 Å². The number of pyridine rings is 1. The Kier molecular flexibility index (Phi) is 5.24. The minimum atomic E-state index is -0.529. The molecule has 0 bridgehead atoms. The number of ether oxygens (including phenoxy) is 2. The van der Waals surface area contributed by atoms with Crippen molar-refractivity contribution in [2.24, 2.45) is 21.7 Å². The average Bonchev–Trinajstić information content (AvgIpc) is 2.56. The molecule has 0 fully saturated rings. The minimum absolute atomic E-state index is 0.143. The van der Waals surface area contributed by atoms with Crippen LogP contribution in [-0.2, 0) is 0 Å². The molecule has 2 rings (SSSR count). The molecule has 2 aromatic rings. The minimum Gasteiger partial charge on any atom is -0.493 e. The molecule has 4 N–H and O–H groups in total. The first-order valence-electron chi connectivity index (χ1n) is 6.52. The van der Waals surface area contributed by atoms with Gasteiger partial charge in [0.2, 0.25) is 5.96 Å². The zero-order valence-corrected chi connectivity index (χ0v) is 12.3. The molecule has 0 unspecified atom stereocenters. The summed E-state index contributed by atoms with van der Waals surface area (Å²) in [4.78, 5) is 15.9. The van der Waals surface area contributed by atoms with Gasteiger partial charge in [-0.25, -0.2) is 4.79 Å². The van der Waals surface area contributed by atoms with Crippen LogP contribution in [0.25, 0.3) is 0 Å². The SMILES string of the molecule is COc1cc(/C=N\N=C(N)N)ccc1OC(=O)c1cccnc1. The van der Waals surface area contributed by atoms with Crippen LogP contribution in [0.15, 0.2) is 52.9 Å². The monoisotopic (exact) mass is 313 g/mol. The molecule has 23 heavy (non-hydrogen) atoms. The maximum Gasteiger partial charge on any atom is 0.345 e. The molecule has 1 aromatic carbocycles. The lowest BCUT2D eigenvalue weighted by atomic mass is 10.2. The van der Waals surface area contributed by atoms with E-state index in [0.29, 0.717) is 16.9 Å². The van der Waals surface area contributed by atoms with E-state index < -0.39 is 5.97 Å². The molecule has 0 aliphatic rings. The fraction of sp³-hybridized carbons (Fsp3) is 0.0667. The van der Waals surface area contributed by atoms with E-state index in [0.717, 1.165) is 0 Å². The van der Waals surface area contributed by atoms with Crippen molar-refractivity contribution in [3.63, 3.8) is 0 Å². The molecule has 1 heterocycles. The second-order valence-electron chi connectivity index (χ2n) is 4.31. The van der Waals surface area contributed by atoms with Crippen LogP contribution in [0, 0.1) is 0 Å². The number of carbonyl (C=O) groups excluding carboxylic acids is 1. The van der Waals surface area contributed by atoms with Gasteiger partial charge in [-0.2, -0.15) is 5.10 Å². The van der Waals surface area contributed by atoms with E-state index >= 15 is 0 Å². The van der Waals surface area contributed by atoms with Crippen LogP contribution in [0.4, 0.5) is 0 Å². The smallest absolute Gasteiger partial charge is 0.345 e. The van der Waals surface area contributed by atoms with Crippen molar-refractivity contribution in [3.8, 4) is 11.5 Å². The lowest BCUT2D eigenvalue weighted by Crippen LogP contribution is -2.21. The van der Waals surface area contributed by atoms with E-state index in [2.05, 4.69) is 15.2 Å². The second kappa shape index (κ2) is 7.55. The molecule has 0 saturated carbocycles. The fourth-order valence-electron chi connectivity index (χ4n) is 1.65. The van der Waals surface area contributed by atoms with E-state index in [1.807, 2.05) is 0 Å². The van der Waals surface area contributed by atoms with Gasteiger partial charge in [0, 0.05) is 12.4 Å². The standard InChI is InChI=1S/C15H15N5O3/c1-22-13-7-10(8-19-20-15(16)17)4-5-12(13)23-14(21)11-3-2-6-18-9-11/h2-9H,1H3,(H4,16,17,20)/b19-8-. The highest BCUT2D eigenvalue weighted by atomic mass is 16.6. The van der Waals surface area contributed by atoms with E-state index in [1.165, 1.54) is 19.5 Å². The number of benzene rings is 1. The summed E-state index contributed by atoms with van der Waals surface area (Å²) in [7, 11) is 1.47. The first-order valence-corrected chi connectivity index (χ1v) is 6.52. The summed E-state index contributed by atoms with van der Waals surface area (Å²) in [5.74, 6) is -0.0233. The molecule has 0 radical (unpaired) electrons. The topological polar surface area (TPSA) is 125 Å². The molecule has 0 atom stereocenters. The molecular weight excluding hydrogens is 298 g/mol. The number of guanidine groups is 1.